The zero-order chi connectivity index (χ0) is 69.4. The molecule has 18 atom stereocenters. The largest absolute Gasteiger partial charge is 0.479 e. The topological polar surface area (TPSA) is 351 Å². The van der Waals surface area contributed by atoms with Crippen molar-refractivity contribution in [3.63, 3.8) is 0 Å². The summed E-state index contributed by atoms with van der Waals surface area (Å²) in [5.41, 5.74) is 2.20. The molecular weight excluding hydrogens is 1220 g/mol. The van der Waals surface area contributed by atoms with Crippen molar-refractivity contribution in [1.29, 1.82) is 0 Å². The fourth-order valence-corrected chi connectivity index (χ4v) is 13.4. The fraction of sp³-hybridized carbons (Fsp3) is 0.676. The number of hydrogen-bond acceptors (Lipinski definition) is 18. The van der Waals surface area contributed by atoms with E-state index in [1.54, 1.807) is 65.6 Å². The van der Waals surface area contributed by atoms with Crippen LogP contribution in [0.3, 0.4) is 0 Å². The highest BCUT2D eigenvalue weighted by molar-refractivity contribution is 5.93. The van der Waals surface area contributed by atoms with Gasteiger partial charge in [-0.2, -0.15) is 0 Å². The molecule has 0 radical (unpaired) electrons. The summed E-state index contributed by atoms with van der Waals surface area (Å²) in [6.45, 7) is 16.6. The maximum atomic E-state index is 14.9. The summed E-state index contributed by atoms with van der Waals surface area (Å²) >= 11 is 0. The number of amides is 7. The second-order valence-corrected chi connectivity index (χ2v) is 26.5. The standard InChI is InChI=1S/C68H103N7O19/c1-14-39(7)55(50(89-12)33-52(77)75-31-19-24-48(75)60(90-13)40(8)62(82)70-41(9)56(78)43-21-16-15-17-22-43)73(10)64(84)53(36(2)3)72-63(83)54(37(4)5)74(11)68(88)92-34-42-26-28-49(93-66-59(81)57(79)58(80)61(94-66)65(85)86)47(32-42)71-51(76)29-30-69-67(87)91-35-46-44-23-18-20-38(6)25-27-45(44)46/h15-17,20-22,26,28,32,36-37,39-41,44-46,48,50,53-61,66,78-81H,14,18-19,23-25,27,29-31,33-35H2,1-13H3,(H,69,87)(H,70,82)(H,71,76)(H,72,83)(H,85,86)/b38-20-/t39-,40+,41+,44-,45+,46?,48-,50+,53-,54-,55-,56+,57-,58-,59?,60+,61?,66+/m0/s1. The summed E-state index contributed by atoms with van der Waals surface area (Å²) in [5, 5.41) is 63.3. The number of rotatable bonds is 31. The van der Waals surface area contributed by atoms with Gasteiger partial charge in [-0.05, 0) is 111 Å². The molecule has 1 saturated carbocycles. The van der Waals surface area contributed by atoms with Gasteiger partial charge in [0.15, 0.2) is 6.10 Å². The third-order valence-electron chi connectivity index (χ3n) is 19.2. The highest BCUT2D eigenvalue weighted by Crippen LogP contribution is 2.53. The van der Waals surface area contributed by atoms with Gasteiger partial charge in [-0.1, -0.05) is 103 Å². The van der Waals surface area contributed by atoms with Gasteiger partial charge in [0, 0.05) is 47.8 Å². The molecule has 94 heavy (non-hydrogen) atoms. The molecule has 3 unspecified atom stereocenters. The van der Waals surface area contributed by atoms with Crippen LogP contribution in [0, 0.1) is 41.4 Å². The number of methoxy groups -OCH3 is 2. The first kappa shape index (κ1) is 76.1. The van der Waals surface area contributed by atoms with Crippen LogP contribution in [0.15, 0.2) is 60.2 Å². The number of aliphatic carboxylic acids is 1. The minimum atomic E-state index is -2.01. The first-order valence-electron chi connectivity index (χ1n) is 33.0. The number of carboxylic acids is 1. The average Bonchev–Trinajstić information content (AvgIpc) is 1.57. The van der Waals surface area contributed by atoms with Gasteiger partial charge in [0.2, 0.25) is 35.8 Å². The van der Waals surface area contributed by atoms with Crippen LogP contribution >= 0.6 is 0 Å². The second kappa shape index (κ2) is 35.2. The molecule has 3 fully saturated rings. The zero-order valence-corrected chi connectivity index (χ0v) is 56.7. The number of carbonyl (C=O) groups excluding carboxylic acids is 7. The molecular formula is C68H103N7O19. The van der Waals surface area contributed by atoms with Crippen molar-refractivity contribution in [3.8, 4) is 5.75 Å². The van der Waals surface area contributed by atoms with E-state index in [4.69, 9.17) is 28.4 Å². The number of nitrogens with one attached hydrogen (secondary N) is 4. The molecule has 26 heteroatoms. The Hall–Kier alpha value is -6.94. The van der Waals surface area contributed by atoms with E-state index in [0.29, 0.717) is 43.2 Å². The number of likely N-dealkylation sites (tertiary alicyclic amines) is 1. The van der Waals surface area contributed by atoms with E-state index in [0.717, 1.165) is 30.6 Å². The second-order valence-electron chi connectivity index (χ2n) is 26.5. The van der Waals surface area contributed by atoms with Crippen molar-refractivity contribution in [2.45, 2.75) is 206 Å². The van der Waals surface area contributed by atoms with Crippen molar-refractivity contribution in [2.24, 2.45) is 41.4 Å². The Balaban J connectivity index is 1.09. The molecule has 9 N–H and O–H groups in total. The molecule has 2 aromatic carbocycles. The van der Waals surface area contributed by atoms with Gasteiger partial charge in [0.25, 0.3) is 0 Å². The lowest BCUT2D eigenvalue weighted by Crippen LogP contribution is -2.61. The summed E-state index contributed by atoms with van der Waals surface area (Å²) in [6.07, 6.45) is -6.07. The summed E-state index contributed by atoms with van der Waals surface area (Å²) in [6, 6.07) is 9.07. The third-order valence-corrected chi connectivity index (χ3v) is 19.2. The number of aliphatic hydroxyl groups is 4. The molecule has 524 valence electrons. The van der Waals surface area contributed by atoms with Crippen LogP contribution in [0.2, 0.25) is 0 Å². The molecule has 4 aliphatic rings. The number of fused-ring (bicyclic) bond motifs is 1. The SMILES string of the molecule is CC[C@H](C)[C@@H]([C@@H](CC(=O)N1CCC[C@H]1[C@H](OC)[C@@H](C)C(=O)N[C@H](C)[C@@H](O)c1ccccc1)OC)N(C)C(=O)[C@@H](NC(=O)[C@H](C(C)C)N(C)C(=O)OCc1ccc(O[C@@H]2OC(C(=O)O)[C@@H](O)[C@H](O)C2O)c(NC(=O)CCNC(=O)OCC2[C@H]3CC/C=C(/C)CC[C@@H]23)c1)C(C)C. The lowest BCUT2D eigenvalue weighted by Gasteiger charge is -2.41. The Labute approximate surface area is 552 Å². The molecule has 6 rings (SSSR count). The minimum absolute atomic E-state index is 0.0879. The van der Waals surface area contributed by atoms with Gasteiger partial charge in [-0.15, -0.1) is 0 Å². The highest BCUT2D eigenvalue weighted by Gasteiger charge is 2.51. The molecule has 2 aromatic rings. The number of anilines is 1. The summed E-state index contributed by atoms with van der Waals surface area (Å²) in [5.74, 6) is -4.81. The smallest absolute Gasteiger partial charge is 0.410 e. The van der Waals surface area contributed by atoms with E-state index in [-0.39, 0.29) is 66.6 Å². The van der Waals surface area contributed by atoms with Crippen molar-refractivity contribution >= 4 is 53.4 Å². The zero-order valence-electron chi connectivity index (χ0n) is 56.7. The molecule has 0 spiro atoms. The normalized spacial score (nSPS) is 25.3. The van der Waals surface area contributed by atoms with E-state index in [1.165, 1.54) is 49.9 Å². The first-order chi connectivity index (χ1) is 44.5. The van der Waals surface area contributed by atoms with Crippen LogP contribution in [0.4, 0.5) is 15.3 Å². The average molecular weight is 1320 g/mol. The Kier molecular flexibility index (Phi) is 28.5. The predicted octanol–water partition coefficient (Wildman–Crippen LogP) is 5.29. The van der Waals surface area contributed by atoms with Crippen LogP contribution in [0.1, 0.15) is 137 Å². The van der Waals surface area contributed by atoms with Crippen LogP contribution < -0.4 is 26.0 Å². The maximum Gasteiger partial charge on any atom is 0.410 e. The summed E-state index contributed by atoms with van der Waals surface area (Å²) in [4.78, 5) is 114. The number of nitrogens with zero attached hydrogens (tertiary/aromatic N) is 3. The maximum absolute atomic E-state index is 14.9. The Morgan fingerprint density at radius 1 is 0.809 bits per heavy atom. The van der Waals surface area contributed by atoms with Gasteiger partial charge in [0.05, 0.1) is 61.1 Å². The fourth-order valence-electron chi connectivity index (χ4n) is 13.4. The van der Waals surface area contributed by atoms with Gasteiger partial charge in [0.1, 0.15) is 42.8 Å². The number of benzene rings is 2. The molecule has 26 nitrogen and oxygen atoms in total. The van der Waals surface area contributed by atoms with Crippen LogP contribution in [-0.2, 0) is 59.1 Å². The lowest BCUT2D eigenvalue weighted by atomic mass is 9.89. The number of hydrogen-bond donors (Lipinski definition) is 9. The molecule has 2 heterocycles. The predicted molar refractivity (Wildman–Crippen MR) is 345 cm³/mol. The Bertz CT molecular complexity index is 2920. The van der Waals surface area contributed by atoms with Crippen molar-refractivity contribution < 1.29 is 92.3 Å². The number of carboxylic acid groups (broad SMARTS) is 1. The number of ether oxygens (including phenoxy) is 6. The van der Waals surface area contributed by atoms with Gasteiger partial charge in [-0.25, -0.2) is 14.4 Å². The molecule has 0 aromatic heterocycles. The van der Waals surface area contributed by atoms with E-state index in [9.17, 15) is 63.9 Å². The Morgan fingerprint density at radius 2 is 1.50 bits per heavy atom. The highest BCUT2D eigenvalue weighted by atomic mass is 16.7. The number of alkyl carbamates (subject to hydrolysis) is 1. The van der Waals surface area contributed by atoms with E-state index in [2.05, 4.69) is 34.3 Å². The van der Waals surface area contributed by atoms with Gasteiger partial charge in [-0.3, -0.25) is 28.9 Å². The lowest BCUT2D eigenvalue weighted by molar-refractivity contribution is -0.271. The molecule has 0 bridgehead atoms. The number of likely N-dealkylation sites (N-methyl/N-ethyl adjacent to an activating group) is 2. The molecule has 2 aliphatic heterocycles. The third kappa shape index (κ3) is 19.6. The van der Waals surface area contributed by atoms with E-state index >= 15 is 0 Å². The van der Waals surface area contributed by atoms with Gasteiger partial charge < -0.3 is 85.0 Å². The van der Waals surface area contributed by atoms with E-state index in [1.807, 2.05) is 32.0 Å². The van der Waals surface area contributed by atoms with Crippen LogP contribution in [-0.4, -0.2) is 209 Å². The molecule has 7 amide bonds. The van der Waals surface area contributed by atoms with Crippen molar-refractivity contribution in [1.82, 2.24) is 30.7 Å². The number of carbonyl (C=O) groups is 8. The minimum Gasteiger partial charge on any atom is -0.479 e. The summed E-state index contributed by atoms with van der Waals surface area (Å²) < 4.78 is 34.5. The van der Waals surface area contributed by atoms with Crippen molar-refractivity contribution in [2.75, 3.05) is 53.3 Å². The molecule has 2 aliphatic carbocycles. The number of aliphatic hydroxyl groups excluding tert-OH is 4. The Morgan fingerprint density at radius 3 is 2.14 bits per heavy atom. The van der Waals surface area contributed by atoms with Crippen molar-refractivity contribution in [3.05, 3.63) is 71.3 Å². The summed E-state index contributed by atoms with van der Waals surface area (Å²) in [7, 11) is 5.97. The van der Waals surface area contributed by atoms with Gasteiger partial charge >= 0.3 is 18.2 Å². The van der Waals surface area contributed by atoms with E-state index < -0.39 is 139 Å². The first-order valence-corrected chi connectivity index (χ1v) is 33.0. The monoisotopic (exact) mass is 1320 g/mol. The van der Waals surface area contributed by atoms with Crippen LogP contribution in [0.25, 0.3) is 0 Å². The quantitative estimate of drug-likeness (QED) is 0.0433. The van der Waals surface area contributed by atoms with Crippen LogP contribution in [0.5, 0.6) is 5.75 Å². The molecule has 2 saturated heterocycles. The number of allylic oxidation sites excluding steroid dienone is 2.